The minimum Gasteiger partial charge on any atom is -0.355 e. The first-order valence-corrected chi connectivity index (χ1v) is 6.47. The van der Waals surface area contributed by atoms with Gasteiger partial charge in [0.2, 0.25) is 0 Å². The quantitative estimate of drug-likeness (QED) is 0.911. The lowest BCUT2D eigenvalue weighted by atomic mass is 9.98. The topological polar surface area (TPSA) is 42.1 Å². The molecule has 0 bridgehead atoms. The summed E-state index contributed by atoms with van der Waals surface area (Å²) in [5.74, 6) is 0.752. The van der Waals surface area contributed by atoms with Crippen LogP contribution in [-0.2, 0) is 6.18 Å². The third-order valence-electron chi connectivity index (χ3n) is 3.30. The number of alkyl halides is 3. The van der Waals surface area contributed by atoms with Crippen LogP contribution >= 0.6 is 11.6 Å². The number of hydrogen-bond acceptors (Lipinski definition) is 3. The van der Waals surface area contributed by atoms with Gasteiger partial charge in [-0.1, -0.05) is 11.6 Å². The molecule has 2 rings (SSSR count). The van der Waals surface area contributed by atoms with Gasteiger partial charge in [0, 0.05) is 19.3 Å². The molecule has 2 heterocycles. The molecule has 0 aromatic carbocycles. The van der Waals surface area contributed by atoms with Crippen LogP contribution in [0.4, 0.5) is 19.0 Å². The van der Waals surface area contributed by atoms with Crippen molar-refractivity contribution in [1.82, 2.24) is 4.98 Å². The Kier molecular flexibility index (Phi) is 4.20. The Morgan fingerprint density at radius 2 is 2.21 bits per heavy atom. The number of halogens is 4. The molecule has 0 spiro atoms. The fraction of sp³-hybridized carbons (Fsp3) is 0.583. The van der Waals surface area contributed by atoms with Gasteiger partial charge in [0.15, 0.2) is 0 Å². The molecule has 3 nitrogen and oxygen atoms in total. The summed E-state index contributed by atoms with van der Waals surface area (Å²) in [6.07, 6.45) is -1.61. The number of nitrogens with two attached hydrogens (primary N) is 1. The van der Waals surface area contributed by atoms with Gasteiger partial charge in [-0.05, 0) is 31.4 Å². The maximum atomic E-state index is 12.5. The smallest absolute Gasteiger partial charge is 0.355 e. The molecule has 1 atom stereocenters. The van der Waals surface area contributed by atoms with E-state index in [-0.39, 0.29) is 5.02 Å². The molecule has 0 aliphatic carbocycles. The van der Waals surface area contributed by atoms with Crippen molar-refractivity contribution in [3.63, 3.8) is 0 Å². The van der Waals surface area contributed by atoms with Crippen LogP contribution in [0, 0.1) is 5.92 Å². The van der Waals surface area contributed by atoms with E-state index in [0.717, 1.165) is 31.6 Å². The molecule has 1 aliphatic rings. The predicted molar refractivity (Wildman–Crippen MR) is 68.2 cm³/mol. The van der Waals surface area contributed by atoms with Crippen molar-refractivity contribution < 1.29 is 13.2 Å². The van der Waals surface area contributed by atoms with Gasteiger partial charge in [0.1, 0.15) is 5.82 Å². The molecule has 0 saturated carbocycles. The van der Waals surface area contributed by atoms with Crippen LogP contribution in [0.25, 0.3) is 0 Å². The summed E-state index contributed by atoms with van der Waals surface area (Å²) in [6.45, 7) is 2.00. The molecule has 106 valence electrons. The summed E-state index contributed by atoms with van der Waals surface area (Å²) in [6, 6.07) is 0.927. The lowest BCUT2D eigenvalue weighted by Crippen LogP contribution is -2.39. The minimum absolute atomic E-state index is 0.0347. The monoisotopic (exact) mass is 293 g/mol. The molecular weight excluding hydrogens is 279 g/mol. The molecule has 0 unspecified atom stereocenters. The lowest BCUT2D eigenvalue weighted by molar-refractivity contribution is -0.137. The Labute approximate surface area is 114 Å². The number of aromatic nitrogens is 1. The van der Waals surface area contributed by atoms with Gasteiger partial charge < -0.3 is 10.6 Å². The highest BCUT2D eigenvalue weighted by Crippen LogP contribution is 2.34. The van der Waals surface area contributed by atoms with Crippen molar-refractivity contribution >= 4 is 17.4 Å². The Bertz CT molecular complexity index is 450. The number of piperidine rings is 1. The van der Waals surface area contributed by atoms with Crippen LogP contribution in [0.5, 0.6) is 0 Å². The zero-order chi connectivity index (χ0) is 14.0. The van der Waals surface area contributed by atoms with Gasteiger partial charge in [0.25, 0.3) is 0 Å². The van der Waals surface area contributed by atoms with E-state index in [1.165, 1.54) is 0 Å². The minimum atomic E-state index is -4.42. The molecule has 7 heteroatoms. The highest BCUT2D eigenvalue weighted by molar-refractivity contribution is 6.33. The fourth-order valence-corrected chi connectivity index (χ4v) is 2.55. The van der Waals surface area contributed by atoms with E-state index in [0.29, 0.717) is 24.8 Å². The molecule has 1 aromatic heterocycles. The number of anilines is 1. The maximum absolute atomic E-state index is 12.5. The van der Waals surface area contributed by atoms with E-state index in [1.54, 1.807) is 0 Å². The van der Waals surface area contributed by atoms with Gasteiger partial charge >= 0.3 is 6.18 Å². The van der Waals surface area contributed by atoms with Gasteiger partial charge in [-0.25, -0.2) is 4.98 Å². The Balaban J connectivity index is 2.21. The van der Waals surface area contributed by atoms with Crippen molar-refractivity contribution in [2.75, 3.05) is 24.5 Å². The van der Waals surface area contributed by atoms with Gasteiger partial charge in [-0.2, -0.15) is 13.2 Å². The SMILES string of the molecule is NC[C@@H]1CCCN(c2ncc(C(F)(F)F)cc2Cl)C1. The molecule has 1 aliphatic heterocycles. The number of pyridine rings is 1. The molecule has 2 N–H and O–H groups in total. The number of hydrogen-bond donors (Lipinski definition) is 1. The van der Waals surface area contributed by atoms with Gasteiger partial charge in [-0.15, -0.1) is 0 Å². The third-order valence-corrected chi connectivity index (χ3v) is 3.58. The van der Waals surface area contributed by atoms with Gasteiger partial charge in [0.05, 0.1) is 10.6 Å². The molecule has 1 fully saturated rings. The normalized spacial score (nSPS) is 20.7. The first-order chi connectivity index (χ1) is 8.91. The van der Waals surface area contributed by atoms with Crippen LogP contribution in [0.1, 0.15) is 18.4 Å². The molecule has 1 aromatic rings. The first-order valence-electron chi connectivity index (χ1n) is 6.09. The standard InChI is InChI=1S/C12H15ClF3N3/c13-10-4-9(12(14,15)16)6-18-11(10)19-3-1-2-8(5-17)7-19/h4,6,8H,1-3,5,7,17H2/t8-/m0/s1. The van der Waals surface area contributed by atoms with Crippen molar-refractivity contribution in [1.29, 1.82) is 0 Å². The lowest BCUT2D eigenvalue weighted by Gasteiger charge is -2.33. The summed E-state index contributed by atoms with van der Waals surface area (Å²) in [7, 11) is 0. The van der Waals surface area contributed by atoms with E-state index in [9.17, 15) is 13.2 Å². The van der Waals surface area contributed by atoms with E-state index in [1.807, 2.05) is 4.90 Å². The Morgan fingerprint density at radius 3 is 2.79 bits per heavy atom. The Morgan fingerprint density at radius 1 is 1.47 bits per heavy atom. The largest absolute Gasteiger partial charge is 0.417 e. The van der Waals surface area contributed by atoms with Crippen molar-refractivity contribution in [2.45, 2.75) is 19.0 Å². The van der Waals surface area contributed by atoms with Crippen molar-refractivity contribution in [2.24, 2.45) is 11.7 Å². The second kappa shape index (κ2) is 5.54. The Hall–Kier alpha value is -1.01. The van der Waals surface area contributed by atoms with E-state index in [4.69, 9.17) is 17.3 Å². The van der Waals surface area contributed by atoms with Crippen LogP contribution in [-0.4, -0.2) is 24.6 Å². The predicted octanol–water partition coefficient (Wildman–Crippen LogP) is 2.93. The van der Waals surface area contributed by atoms with Crippen molar-refractivity contribution in [3.8, 4) is 0 Å². The summed E-state index contributed by atoms with van der Waals surface area (Å²) in [4.78, 5) is 5.78. The molecular formula is C12H15ClF3N3. The second-order valence-corrected chi connectivity index (χ2v) is 5.12. The zero-order valence-corrected chi connectivity index (χ0v) is 11.0. The van der Waals surface area contributed by atoms with E-state index < -0.39 is 11.7 Å². The first kappa shape index (κ1) is 14.4. The summed E-state index contributed by atoms with van der Waals surface area (Å²) in [5.41, 5.74) is 4.81. The average molecular weight is 294 g/mol. The zero-order valence-electron chi connectivity index (χ0n) is 10.3. The number of nitrogens with zero attached hydrogens (tertiary/aromatic N) is 2. The molecule has 1 saturated heterocycles. The van der Waals surface area contributed by atoms with E-state index in [2.05, 4.69) is 4.98 Å². The highest BCUT2D eigenvalue weighted by atomic mass is 35.5. The van der Waals surface area contributed by atoms with Crippen LogP contribution in [0.3, 0.4) is 0 Å². The van der Waals surface area contributed by atoms with Crippen molar-refractivity contribution in [3.05, 3.63) is 22.8 Å². The second-order valence-electron chi connectivity index (χ2n) is 4.72. The van der Waals surface area contributed by atoms with Crippen LogP contribution in [0.15, 0.2) is 12.3 Å². The summed E-state index contributed by atoms with van der Waals surface area (Å²) in [5, 5.41) is 0.0347. The molecule has 0 radical (unpaired) electrons. The fourth-order valence-electron chi connectivity index (χ4n) is 2.27. The van der Waals surface area contributed by atoms with Gasteiger partial charge in [-0.3, -0.25) is 0 Å². The highest BCUT2D eigenvalue weighted by Gasteiger charge is 2.32. The third kappa shape index (κ3) is 3.30. The van der Waals surface area contributed by atoms with Crippen LogP contribution < -0.4 is 10.6 Å². The molecule has 0 amide bonds. The number of rotatable bonds is 2. The summed E-state index contributed by atoms with van der Waals surface area (Å²) >= 11 is 5.92. The molecule has 19 heavy (non-hydrogen) atoms. The average Bonchev–Trinajstić information content (AvgIpc) is 2.37. The van der Waals surface area contributed by atoms with E-state index >= 15 is 0 Å². The summed E-state index contributed by atoms with van der Waals surface area (Å²) < 4.78 is 37.6. The van der Waals surface area contributed by atoms with Crippen LogP contribution in [0.2, 0.25) is 5.02 Å². The maximum Gasteiger partial charge on any atom is 0.417 e.